The maximum Gasteiger partial charge on any atom is 0.0534 e. The first-order valence-electron chi connectivity index (χ1n) is 4.11. The standard InChI is InChI=1S/C8H16O3/c9-4-8(5-10,6-11)7-2-1-3-7/h7,9-11H,1-6H2. The molecule has 11 heavy (non-hydrogen) atoms. The second-order valence-corrected chi connectivity index (χ2v) is 3.46. The monoisotopic (exact) mass is 160 g/mol. The van der Waals surface area contributed by atoms with Gasteiger partial charge in [0, 0.05) is 5.41 Å². The van der Waals surface area contributed by atoms with Gasteiger partial charge >= 0.3 is 0 Å². The van der Waals surface area contributed by atoms with E-state index in [0.29, 0.717) is 5.92 Å². The van der Waals surface area contributed by atoms with E-state index in [2.05, 4.69) is 0 Å². The van der Waals surface area contributed by atoms with E-state index in [0.717, 1.165) is 19.3 Å². The predicted octanol–water partition coefficient (Wildman–Crippen LogP) is -0.250. The van der Waals surface area contributed by atoms with Gasteiger partial charge in [0.25, 0.3) is 0 Å². The van der Waals surface area contributed by atoms with Crippen LogP contribution in [0.2, 0.25) is 0 Å². The molecule has 0 heterocycles. The van der Waals surface area contributed by atoms with Crippen LogP contribution in [0.15, 0.2) is 0 Å². The molecule has 3 nitrogen and oxygen atoms in total. The van der Waals surface area contributed by atoms with Crippen molar-refractivity contribution in [2.45, 2.75) is 19.3 Å². The Labute approximate surface area is 66.7 Å². The van der Waals surface area contributed by atoms with Crippen molar-refractivity contribution in [1.29, 1.82) is 0 Å². The Bertz CT molecular complexity index is 108. The Kier molecular flexibility index (Phi) is 2.87. The Balaban J connectivity index is 2.54. The molecule has 1 rings (SSSR count). The number of hydrogen-bond donors (Lipinski definition) is 3. The number of aliphatic hydroxyl groups is 3. The van der Waals surface area contributed by atoms with Crippen LogP contribution in [0.4, 0.5) is 0 Å². The molecule has 1 aliphatic rings. The van der Waals surface area contributed by atoms with Gasteiger partial charge in [-0.2, -0.15) is 0 Å². The highest BCUT2D eigenvalue weighted by Crippen LogP contribution is 2.41. The fourth-order valence-electron chi connectivity index (χ4n) is 1.56. The molecule has 0 aromatic rings. The summed E-state index contributed by atoms with van der Waals surface area (Å²) >= 11 is 0. The second kappa shape index (κ2) is 3.52. The first-order chi connectivity index (χ1) is 5.29. The Hall–Kier alpha value is -0.120. The molecule has 0 aliphatic heterocycles. The van der Waals surface area contributed by atoms with E-state index in [1.54, 1.807) is 0 Å². The van der Waals surface area contributed by atoms with Gasteiger partial charge in [-0.1, -0.05) is 6.42 Å². The van der Waals surface area contributed by atoms with Crippen LogP contribution in [0.25, 0.3) is 0 Å². The van der Waals surface area contributed by atoms with Crippen molar-refractivity contribution in [3.05, 3.63) is 0 Å². The molecule has 0 atom stereocenters. The molecule has 0 bridgehead atoms. The van der Waals surface area contributed by atoms with E-state index in [9.17, 15) is 0 Å². The average Bonchev–Trinajstić information content (AvgIpc) is 1.97. The van der Waals surface area contributed by atoms with Crippen LogP contribution in [0, 0.1) is 11.3 Å². The van der Waals surface area contributed by atoms with Gasteiger partial charge in [0.05, 0.1) is 19.8 Å². The van der Waals surface area contributed by atoms with Gasteiger partial charge < -0.3 is 15.3 Å². The lowest BCUT2D eigenvalue weighted by molar-refractivity contribution is -0.0634. The van der Waals surface area contributed by atoms with E-state index in [1.165, 1.54) is 0 Å². The quantitative estimate of drug-likeness (QED) is 0.531. The summed E-state index contributed by atoms with van der Waals surface area (Å²) < 4.78 is 0. The minimum atomic E-state index is -0.613. The van der Waals surface area contributed by atoms with Gasteiger partial charge in [-0.15, -0.1) is 0 Å². The minimum Gasteiger partial charge on any atom is -0.396 e. The van der Waals surface area contributed by atoms with Crippen molar-refractivity contribution in [2.75, 3.05) is 19.8 Å². The molecule has 0 amide bonds. The zero-order chi connectivity index (χ0) is 8.32. The van der Waals surface area contributed by atoms with Crippen molar-refractivity contribution < 1.29 is 15.3 Å². The second-order valence-electron chi connectivity index (χ2n) is 3.46. The molecular weight excluding hydrogens is 144 g/mol. The fraction of sp³-hybridized carbons (Fsp3) is 1.00. The summed E-state index contributed by atoms with van der Waals surface area (Å²) in [5.41, 5.74) is -0.613. The molecule has 66 valence electrons. The summed E-state index contributed by atoms with van der Waals surface area (Å²) in [5, 5.41) is 27.0. The molecule has 0 saturated heterocycles. The molecule has 0 aromatic carbocycles. The van der Waals surface area contributed by atoms with Gasteiger partial charge in [-0.05, 0) is 18.8 Å². The van der Waals surface area contributed by atoms with Gasteiger partial charge in [0.2, 0.25) is 0 Å². The number of hydrogen-bond acceptors (Lipinski definition) is 3. The molecule has 0 radical (unpaired) electrons. The van der Waals surface area contributed by atoms with E-state index in [1.807, 2.05) is 0 Å². The maximum atomic E-state index is 8.99. The first-order valence-corrected chi connectivity index (χ1v) is 4.11. The molecule has 1 saturated carbocycles. The molecule has 0 unspecified atom stereocenters. The van der Waals surface area contributed by atoms with Crippen molar-refractivity contribution in [3.63, 3.8) is 0 Å². The lowest BCUT2D eigenvalue weighted by Gasteiger charge is -2.41. The van der Waals surface area contributed by atoms with E-state index in [-0.39, 0.29) is 19.8 Å². The van der Waals surface area contributed by atoms with Crippen molar-refractivity contribution >= 4 is 0 Å². The van der Waals surface area contributed by atoms with Crippen LogP contribution in [0.1, 0.15) is 19.3 Å². The molecule has 3 N–H and O–H groups in total. The normalized spacial score (nSPS) is 19.9. The lowest BCUT2D eigenvalue weighted by Crippen LogP contribution is -2.44. The van der Waals surface area contributed by atoms with Crippen LogP contribution in [0.5, 0.6) is 0 Å². The van der Waals surface area contributed by atoms with Gasteiger partial charge in [-0.3, -0.25) is 0 Å². The summed E-state index contributed by atoms with van der Waals surface area (Å²) in [6.45, 7) is -0.319. The van der Waals surface area contributed by atoms with Gasteiger partial charge in [0.15, 0.2) is 0 Å². The highest BCUT2D eigenvalue weighted by Gasteiger charge is 2.40. The smallest absolute Gasteiger partial charge is 0.0534 e. The lowest BCUT2D eigenvalue weighted by atomic mass is 9.66. The molecule has 1 aliphatic carbocycles. The van der Waals surface area contributed by atoms with Crippen molar-refractivity contribution in [1.82, 2.24) is 0 Å². The van der Waals surface area contributed by atoms with Gasteiger partial charge in [0.1, 0.15) is 0 Å². The zero-order valence-corrected chi connectivity index (χ0v) is 6.66. The summed E-state index contributed by atoms with van der Waals surface area (Å²) in [7, 11) is 0. The number of rotatable bonds is 4. The fourth-order valence-corrected chi connectivity index (χ4v) is 1.56. The predicted molar refractivity (Wildman–Crippen MR) is 41.0 cm³/mol. The summed E-state index contributed by atoms with van der Waals surface area (Å²) in [4.78, 5) is 0. The highest BCUT2D eigenvalue weighted by molar-refractivity contribution is 4.89. The third-order valence-electron chi connectivity index (χ3n) is 2.92. The zero-order valence-electron chi connectivity index (χ0n) is 6.66. The molecule has 3 heteroatoms. The Morgan fingerprint density at radius 3 is 1.55 bits per heavy atom. The third-order valence-corrected chi connectivity index (χ3v) is 2.92. The summed E-state index contributed by atoms with van der Waals surface area (Å²) in [6, 6.07) is 0. The Morgan fingerprint density at radius 1 is 1.00 bits per heavy atom. The summed E-state index contributed by atoms with van der Waals surface area (Å²) in [5.74, 6) is 0.322. The first kappa shape index (κ1) is 8.97. The van der Waals surface area contributed by atoms with Crippen molar-refractivity contribution in [3.8, 4) is 0 Å². The Morgan fingerprint density at radius 2 is 1.45 bits per heavy atom. The van der Waals surface area contributed by atoms with Crippen LogP contribution in [-0.2, 0) is 0 Å². The van der Waals surface area contributed by atoms with Gasteiger partial charge in [-0.25, -0.2) is 0 Å². The van der Waals surface area contributed by atoms with E-state index in [4.69, 9.17) is 15.3 Å². The van der Waals surface area contributed by atoms with E-state index < -0.39 is 5.41 Å². The highest BCUT2D eigenvalue weighted by atomic mass is 16.3. The minimum absolute atomic E-state index is 0.106. The van der Waals surface area contributed by atoms with Crippen LogP contribution in [-0.4, -0.2) is 35.1 Å². The largest absolute Gasteiger partial charge is 0.396 e. The number of aliphatic hydroxyl groups excluding tert-OH is 3. The molecule has 1 fully saturated rings. The summed E-state index contributed by atoms with van der Waals surface area (Å²) in [6.07, 6.45) is 3.22. The van der Waals surface area contributed by atoms with Crippen molar-refractivity contribution in [2.24, 2.45) is 11.3 Å². The maximum absolute atomic E-state index is 8.99. The van der Waals surface area contributed by atoms with Crippen LogP contribution in [0.3, 0.4) is 0 Å². The molecular formula is C8H16O3. The van der Waals surface area contributed by atoms with E-state index >= 15 is 0 Å². The topological polar surface area (TPSA) is 60.7 Å². The van der Waals surface area contributed by atoms with Crippen LogP contribution >= 0.6 is 0 Å². The average molecular weight is 160 g/mol. The third kappa shape index (κ3) is 1.41. The SMILES string of the molecule is OCC(CO)(CO)C1CCC1. The van der Waals surface area contributed by atoms with Crippen LogP contribution < -0.4 is 0 Å². The molecule has 0 spiro atoms. The molecule has 0 aromatic heterocycles.